The quantitative estimate of drug-likeness (QED) is 0.248. The maximum Gasteiger partial charge on any atom is 0.293 e. The zero-order valence-electron chi connectivity index (χ0n) is 25.6. The summed E-state index contributed by atoms with van der Waals surface area (Å²) in [6.45, 7) is 10.9. The lowest BCUT2D eigenvalue weighted by atomic mass is 9.86. The highest BCUT2D eigenvalue weighted by Crippen LogP contribution is 2.29. The van der Waals surface area contributed by atoms with Crippen molar-refractivity contribution in [1.82, 2.24) is 14.5 Å². The van der Waals surface area contributed by atoms with Crippen LogP contribution in [0.15, 0.2) is 77.7 Å². The molecule has 1 aromatic heterocycles. The number of aromatic nitrogens is 2. The Morgan fingerprint density at radius 2 is 1.72 bits per heavy atom. The second-order valence-corrected chi connectivity index (χ2v) is 12.5. The summed E-state index contributed by atoms with van der Waals surface area (Å²) in [5, 5.41) is 16.1. The molecule has 8 heteroatoms. The number of benzene rings is 3. The molecule has 0 bridgehead atoms. The van der Waals surface area contributed by atoms with E-state index in [1.807, 2.05) is 67.6 Å². The van der Waals surface area contributed by atoms with Crippen LogP contribution in [-0.2, 0) is 19.0 Å². The largest absolute Gasteiger partial charge is 0.393 e. The average Bonchev–Trinajstić information content (AvgIpc) is 2.97. The lowest BCUT2D eigenvalue weighted by Gasteiger charge is -2.29. The SMILES string of the molecule is Cc1c(NC(=O)c2ccc(C(C)(C)C)cc2)cccc1-c1cn(C)c(=O)c(Nc2cccc(CN3CCC(O)CC3)c2)n1. The molecule has 0 radical (unpaired) electrons. The summed E-state index contributed by atoms with van der Waals surface area (Å²) in [5.74, 6) is 0.0446. The van der Waals surface area contributed by atoms with E-state index in [-0.39, 0.29) is 28.8 Å². The van der Waals surface area contributed by atoms with E-state index in [0.29, 0.717) is 16.9 Å². The molecule has 0 atom stereocenters. The zero-order valence-corrected chi connectivity index (χ0v) is 25.6. The van der Waals surface area contributed by atoms with E-state index in [9.17, 15) is 14.7 Å². The number of carbonyl (C=O) groups is 1. The Bertz CT molecular complexity index is 1660. The molecule has 0 unspecified atom stereocenters. The van der Waals surface area contributed by atoms with Gasteiger partial charge in [-0.1, -0.05) is 57.2 Å². The summed E-state index contributed by atoms with van der Waals surface area (Å²) in [6, 6.07) is 21.4. The van der Waals surface area contributed by atoms with Gasteiger partial charge < -0.3 is 20.3 Å². The van der Waals surface area contributed by atoms with Crippen molar-refractivity contribution >= 4 is 23.1 Å². The predicted octanol–water partition coefficient (Wildman–Crippen LogP) is 6.01. The van der Waals surface area contributed by atoms with Crippen molar-refractivity contribution in [1.29, 1.82) is 0 Å². The van der Waals surface area contributed by atoms with Gasteiger partial charge in [0, 0.05) is 55.4 Å². The molecule has 224 valence electrons. The van der Waals surface area contributed by atoms with E-state index in [1.54, 1.807) is 13.2 Å². The van der Waals surface area contributed by atoms with Crippen LogP contribution >= 0.6 is 0 Å². The van der Waals surface area contributed by atoms with Crippen molar-refractivity contribution in [3.05, 3.63) is 106 Å². The van der Waals surface area contributed by atoms with Crippen LogP contribution in [0, 0.1) is 6.92 Å². The maximum absolute atomic E-state index is 13.1. The van der Waals surface area contributed by atoms with Crippen LogP contribution < -0.4 is 16.2 Å². The first-order valence-electron chi connectivity index (χ1n) is 14.8. The van der Waals surface area contributed by atoms with Crippen molar-refractivity contribution in [2.45, 2.75) is 58.6 Å². The Kier molecular flexibility index (Phi) is 8.80. The fraction of sp³-hybridized carbons (Fsp3) is 0.343. The average molecular weight is 580 g/mol. The first-order chi connectivity index (χ1) is 20.5. The van der Waals surface area contributed by atoms with Crippen LogP contribution in [0.25, 0.3) is 11.3 Å². The topological polar surface area (TPSA) is 99.5 Å². The Morgan fingerprint density at radius 1 is 1.02 bits per heavy atom. The predicted molar refractivity (Wildman–Crippen MR) is 173 cm³/mol. The van der Waals surface area contributed by atoms with Crippen molar-refractivity contribution in [2.24, 2.45) is 7.05 Å². The van der Waals surface area contributed by atoms with Crippen molar-refractivity contribution in [3.63, 3.8) is 0 Å². The molecule has 4 aromatic rings. The van der Waals surface area contributed by atoms with Crippen LogP contribution in [0.5, 0.6) is 0 Å². The van der Waals surface area contributed by atoms with Gasteiger partial charge >= 0.3 is 0 Å². The number of amides is 1. The maximum atomic E-state index is 13.1. The number of aliphatic hydroxyl groups excluding tert-OH is 1. The fourth-order valence-electron chi connectivity index (χ4n) is 5.40. The molecule has 1 fully saturated rings. The van der Waals surface area contributed by atoms with Crippen molar-refractivity contribution < 1.29 is 9.90 Å². The number of hydrogen-bond donors (Lipinski definition) is 3. The first kappa shape index (κ1) is 30.2. The molecule has 1 aliphatic rings. The Morgan fingerprint density at radius 3 is 2.42 bits per heavy atom. The first-order valence-corrected chi connectivity index (χ1v) is 14.8. The summed E-state index contributed by atoms with van der Waals surface area (Å²) in [4.78, 5) is 33.2. The molecule has 2 heterocycles. The van der Waals surface area contributed by atoms with Gasteiger partial charge in [0.05, 0.1) is 11.8 Å². The number of nitrogens with one attached hydrogen (secondary N) is 2. The minimum absolute atomic E-state index is 0.0115. The number of anilines is 3. The van der Waals surface area contributed by atoms with Gasteiger partial charge in [-0.15, -0.1) is 0 Å². The van der Waals surface area contributed by atoms with Crippen LogP contribution in [0.1, 0.15) is 60.7 Å². The number of piperidine rings is 1. The molecule has 3 N–H and O–H groups in total. The third kappa shape index (κ3) is 7.21. The minimum atomic E-state index is -0.236. The molecule has 8 nitrogen and oxygen atoms in total. The fourth-order valence-corrected chi connectivity index (χ4v) is 5.40. The summed E-state index contributed by atoms with van der Waals surface area (Å²) in [5.41, 5.74) is 6.42. The van der Waals surface area contributed by atoms with E-state index in [2.05, 4.69) is 42.4 Å². The van der Waals surface area contributed by atoms with Crippen LogP contribution in [0.4, 0.5) is 17.2 Å². The number of aryl methyl sites for hydroxylation is 1. The zero-order chi connectivity index (χ0) is 30.7. The Balaban J connectivity index is 1.36. The molecular weight excluding hydrogens is 538 g/mol. The lowest BCUT2D eigenvalue weighted by molar-refractivity contribution is 0.0792. The molecule has 0 spiro atoms. The van der Waals surface area contributed by atoms with Crippen molar-refractivity contribution in [2.75, 3.05) is 23.7 Å². The van der Waals surface area contributed by atoms with E-state index in [0.717, 1.165) is 54.9 Å². The molecule has 1 aliphatic heterocycles. The molecule has 43 heavy (non-hydrogen) atoms. The van der Waals surface area contributed by atoms with Gasteiger partial charge in [0.2, 0.25) is 0 Å². The van der Waals surface area contributed by atoms with E-state index in [4.69, 9.17) is 4.98 Å². The van der Waals surface area contributed by atoms with Gasteiger partial charge in [0.15, 0.2) is 5.82 Å². The van der Waals surface area contributed by atoms with E-state index < -0.39 is 0 Å². The number of likely N-dealkylation sites (tertiary alicyclic amines) is 1. The van der Waals surface area contributed by atoms with Gasteiger partial charge in [-0.2, -0.15) is 0 Å². The smallest absolute Gasteiger partial charge is 0.293 e. The molecule has 0 saturated carbocycles. The number of rotatable bonds is 7. The number of aliphatic hydroxyl groups is 1. The van der Waals surface area contributed by atoms with E-state index >= 15 is 0 Å². The van der Waals surface area contributed by atoms with Gasteiger partial charge in [0.25, 0.3) is 11.5 Å². The Hall–Kier alpha value is -4.27. The molecular formula is C35H41N5O3. The second-order valence-electron chi connectivity index (χ2n) is 12.5. The summed E-state index contributed by atoms with van der Waals surface area (Å²) in [6.07, 6.45) is 3.10. The molecule has 0 aliphatic carbocycles. The normalized spacial score (nSPS) is 14.5. The monoisotopic (exact) mass is 579 g/mol. The molecule has 1 saturated heterocycles. The third-order valence-corrected chi connectivity index (χ3v) is 8.10. The van der Waals surface area contributed by atoms with Gasteiger partial charge in [-0.25, -0.2) is 4.98 Å². The summed E-state index contributed by atoms with van der Waals surface area (Å²) < 4.78 is 1.52. The van der Waals surface area contributed by atoms with Crippen LogP contribution in [0.2, 0.25) is 0 Å². The van der Waals surface area contributed by atoms with Crippen LogP contribution in [-0.4, -0.2) is 44.7 Å². The van der Waals surface area contributed by atoms with Gasteiger partial charge in [-0.05, 0) is 72.2 Å². The minimum Gasteiger partial charge on any atom is -0.393 e. The summed E-state index contributed by atoms with van der Waals surface area (Å²) >= 11 is 0. The summed E-state index contributed by atoms with van der Waals surface area (Å²) in [7, 11) is 1.71. The number of nitrogens with zero attached hydrogens (tertiary/aromatic N) is 3. The number of hydrogen-bond acceptors (Lipinski definition) is 6. The molecule has 5 rings (SSSR count). The number of carbonyl (C=O) groups excluding carboxylic acids is 1. The molecule has 3 aromatic carbocycles. The van der Waals surface area contributed by atoms with E-state index in [1.165, 1.54) is 10.1 Å². The highest BCUT2D eigenvalue weighted by molar-refractivity contribution is 6.05. The molecule has 1 amide bonds. The standard InChI is InChI=1S/C35H41N5O3/c1-23-29(10-7-11-30(23)38-33(42)25-12-14-26(15-13-25)35(2,3)4)31-22-39(5)34(43)32(37-31)36-27-9-6-8-24(20-27)21-40-18-16-28(41)17-19-40/h6-15,20,22,28,41H,16-19,21H2,1-5H3,(H,36,37)(H,38,42). The third-order valence-electron chi connectivity index (χ3n) is 8.10. The Labute approximate surface area is 253 Å². The van der Waals surface area contributed by atoms with Gasteiger partial charge in [-0.3, -0.25) is 14.5 Å². The van der Waals surface area contributed by atoms with Crippen LogP contribution in [0.3, 0.4) is 0 Å². The highest BCUT2D eigenvalue weighted by atomic mass is 16.3. The van der Waals surface area contributed by atoms with Gasteiger partial charge in [0.1, 0.15) is 0 Å². The highest BCUT2D eigenvalue weighted by Gasteiger charge is 2.18. The van der Waals surface area contributed by atoms with Crippen molar-refractivity contribution in [3.8, 4) is 11.3 Å². The lowest BCUT2D eigenvalue weighted by Crippen LogP contribution is -2.35. The second kappa shape index (κ2) is 12.5.